The van der Waals surface area contributed by atoms with Gasteiger partial charge in [0, 0.05) is 27.2 Å². The molecule has 29 heavy (non-hydrogen) atoms. The monoisotopic (exact) mass is 515 g/mol. The number of nitrogens with one attached hydrogen (secondary N) is 2. The van der Waals surface area contributed by atoms with Crippen LogP contribution in [0.4, 0.5) is 0 Å². The lowest BCUT2D eigenvalue weighted by Gasteiger charge is -2.30. The Morgan fingerprint density at radius 3 is 2.24 bits per heavy atom. The first-order chi connectivity index (χ1) is 13.4. The number of aliphatic imine (C=N–C) groups is 1. The van der Waals surface area contributed by atoms with Gasteiger partial charge in [-0.3, -0.25) is 9.79 Å². The van der Waals surface area contributed by atoms with Crippen LogP contribution in [-0.4, -0.2) is 69.5 Å². The van der Waals surface area contributed by atoms with Crippen LogP contribution in [0, 0.1) is 5.41 Å². The molecule has 1 fully saturated rings. The summed E-state index contributed by atoms with van der Waals surface area (Å²) in [5, 5.41) is 6.82. The molecular formula is C22H38IN5O. The minimum atomic E-state index is -0.341. The van der Waals surface area contributed by atoms with E-state index in [-0.39, 0.29) is 41.3 Å². The largest absolute Gasteiger partial charge is 0.357 e. The third-order valence-corrected chi connectivity index (χ3v) is 5.58. The highest BCUT2D eigenvalue weighted by Gasteiger charge is 2.42. The van der Waals surface area contributed by atoms with Crippen LogP contribution in [0.5, 0.6) is 0 Å². The molecule has 0 aliphatic heterocycles. The van der Waals surface area contributed by atoms with Crippen LogP contribution in [0.3, 0.4) is 0 Å². The number of carbonyl (C=O) groups is 1. The maximum Gasteiger partial charge on any atom is 0.230 e. The molecule has 2 N–H and O–H groups in total. The molecule has 1 aliphatic carbocycles. The van der Waals surface area contributed by atoms with Gasteiger partial charge in [0.15, 0.2) is 5.96 Å². The summed E-state index contributed by atoms with van der Waals surface area (Å²) in [5.41, 5.74) is 0.928. The molecule has 1 aromatic rings. The number of rotatable bonds is 8. The molecule has 0 saturated heterocycles. The highest BCUT2D eigenvalue weighted by molar-refractivity contribution is 14.0. The normalized spacial score (nSPS) is 16.8. The first kappa shape index (κ1) is 25.7. The minimum Gasteiger partial charge on any atom is -0.357 e. The molecule has 1 amide bonds. The zero-order chi connectivity index (χ0) is 20.6. The predicted octanol–water partition coefficient (Wildman–Crippen LogP) is 3.11. The SMILES string of the molecule is CCNC(=NCC1(C(=O)N(C)C)CCCC1)NCC(c1ccccc1)N(C)C.I. The molecule has 2 rings (SSSR count). The summed E-state index contributed by atoms with van der Waals surface area (Å²) >= 11 is 0. The van der Waals surface area contributed by atoms with Gasteiger partial charge < -0.3 is 20.4 Å². The van der Waals surface area contributed by atoms with E-state index in [1.54, 1.807) is 4.90 Å². The third-order valence-electron chi connectivity index (χ3n) is 5.58. The van der Waals surface area contributed by atoms with Gasteiger partial charge in [0.25, 0.3) is 0 Å². The second-order valence-corrected chi connectivity index (χ2v) is 8.15. The zero-order valence-electron chi connectivity index (χ0n) is 18.6. The second kappa shape index (κ2) is 12.4. The first-order valence-corrected chi connectivity index (χ1v) is 10.3. The van der Waals surface area contributed by atoms with Crippen molar-refractivity contribution >= 4 is 35.8 Å². The van der Waals surface area contributed by atoms with Crippen molar-refractivity contribution < 1.29 is 4.79 Å². The van der Waals surface area contributed by atoms with E-state index in [4.69, 9.17) is 4.99 Å². The van der Waals surface area contributed by atoms with Crippen molar-refractivity contribution in [3.05, 3.63) is 35.9 Å². The molecule has 1 unspecified atom stereocenters. The summed E-state index contributed by atoms with van der Waals surface area (Å²) in [5.74, 6) is 0.989. The maximum atomic E-state index is 12.8. The van der Waals surface area contributed by atoms with E-state index in [9.17, 15) is 4.79 Å². The quantitative estimate of drug-likeness (QED) is 0.318. The van der Waals surface area contributed by atoms with Gasteiger partial charge in [-0.2, -0.15) is 0 Å². The Hall–Kier alpha value is -1.35. The lowest BCUT2D eigenvalue weighted by atomic mass is 9.85. The average molecular weight is 515 g/mol. The van der Waals surface area contributed by atoms with Gasteiger partial charge in [-0.1, -0.05) is 43.2 Å². The van der Waals surface area contributed by atoms with E-state index in [1.165, 1.54) is 5.56 Å². The number of carbonyl (C=O) groups excluding carboxylic acids is 1. The van der Waals surface area contributed by atoms with Crippen LogP contribution in [0.15, 0.2) is 35.3 Å². The maximum absolute atomic E-state index is 12.8. The highest BCUT2D eigenvalue weighted by Crippen LogP contribution is 2.39. The summed E-state index contributed by atoms with van der Waals surface area (Å²) in [6.45, 7) is 4.14. The average Bonchev–Trinajstić information content (AvgIpc) is 3.16. The lowest BCUT2D eigenvalue weighted by Crippen LogP contribution is -2.44. The Labute approximate surface area is 193 Å². The number of hydrogen-bond acceptors (Lipinski definition) is 3. The standard InChI is InChI=1S/C22H37N5O.HI/c1-6-23-21(24-16-19(26(2)3)18-12-8-7-9-13-18)25-17-22(14-10-11-15-22)20(28)27(4)5;/h7-9,12-13,19H,6,10-11,14-17H2,1-5H3,(H2,23,24,25);1H. The van der Waals surface area contributed by atoms with Crippen molar-refractivity contribution in [1.29, 1.82) is 0 Å². The Bertz CT molecular complexity index is 642. The molecule has 1 saturated carbocycles. The summed E-state index contributed by atoms with van der Waals surface area (Å²) in [7, 11) is 7.87. The second-order valence-electron chi connectivity index (χ2n) is 8.15. The summed E-state index contributed by atoms with van der Waals surface area (Å²) in [4.78, 5) is 21.5. The zero-order valence-corrected chi connectivity index (χ0v) is 20.9. The Balaban J connectivity index is 0.00000420. The van der Waals surface area contributed by atoms with Crippen LogP contribution >= 0.6 is 24.0 Å². The van der Waals surface area contributed by atoms with E-state index in [1.807, 2.05) is 20.2 Å². The van der Waals surface area contributed by atoms with Crippen molar-refractivity contribution in [2.24, 2.45) is 10.4 Å². The number of guanidine groups is 1. The molecule has 164 valence electrons. The van der Waals surface area contributed by atoms with Crippen molar-refractivity contribution in [3.8, 4) is 0 Å². The molecule has 1 aromatic carbocycles. The molecule has 0 aromatic heterocycles. The van der Waals surface area contributed by atoms with Crippen molar-refractivity contribution in [2.45, 2.75) is 38.6 Å². The van der Waals surface area contributed by atoms with E-state index < -0.39 is 0 Å². The van der Waals surface area contributed by atoms with Crippen LogP contribution < -0.4 is 10.6 Å². The number of benzene rings is 1. The van der Waals surface area contributed by atoms with E-state index >= 15 is 0 Å². The molecule has 6 nitrogen and oxygen atoms in total. The fourth-order valence-electron chi connectivity index (χ4n) is 4.00. The fourth-order valence-corrected chi connectivity index (χ4v) is 4.00. The highest BCUT2D eigenvalue weighted by atomic mass is 127. The summed E-state index contributed by atoms with van der Waals surface area (Å²) in [6.07, 6.45) is 4.07. The minimum absolute atomic E-state index is 0. The number of nitrogens with zero attached hydrogens (tertiary/aromatic N) is 3. The number of likely N-dealkylation sites (N-methyl/N-ethyl adjacent to an activating group) is 1. The van der Waals surface area contributed by atoms with Gasteiger partial charge in [-0.05, 0) is 39.4 Å². The Kier molecular flexibility index (Phi) is 11.0. The van der Waals surface area contributed by atoms with E-state index in [0.29, 0.717) is 6.54 Å². The first-order valence-electron chi connectivity index (χ1n) is 10.3. The topological polar surface area (TPSA) is 60.0 Å². The van der Waals surface area contributed by atoms with Crippen molar-refractivity contribution in [3.63, 3.8) is 0 Å². The van der Waals surface area contributed by atoms with E-state index in [0.717, 1.165) is 44.7 Å². The van der Waals surface area contributed by atoms with Gasteiger partial charge >= 0.3 is 0 Å². The molecular weight excluding hydrogens is 477 g/mol. The summed E-state index contributed by atoms with van der Waals surface area (Å²) < 4.78 is 0. The van der Waals surface area contributed by atoms with Gasteiger partial charge in [0.2, 0.25) is 5.91 Å². The van der Waals surface area contributed by atoms with Crippen molar-refractivity contribution in [2.75, 3.05) is 47.8 Å². The Morgan fingerprint density at radius 2 is 1.72 bits per heavy atom. The van der Waals surface area contributed by atoms with Gasteiger partial charge in [0.05, 0.1) is 18.0 Å². The van der Waals surface area contributed by atoms with Gasteiger partial charge in [-0.25, -0.2) is 0 Å². The Morgan fingerprint density at radius 1 is 1.10 bits per heavy atom. The summed E-state index contributed by atoms with van der Waals surface area (Å²) in [6, 6.07) is 10.7. The molecule has 0 radical (unpaired) electrons. The van der Waals surface area contributed by atoms with E-state index in [2.05, 4.69) is 60.8 Å². The lowest BCUT2D eigenvalue weighted by molar-refractivity contribution is -0.138. The third kappa shape index (κ3) is 7.13. The van der Waals surface area contributed by atoms with Crippen molar-refractivity contribution in [1.82, 2.24) is 20.4 Å². The molecule has 0 spiro atoms. The predicted molar refractivity (Wildman–Crippen MR) is 132 cm³/mol. The molecule has 0 heterocycles. The smallest absolute Gasteiger partial charge is 0.230 e. The molecule has 7 heteroatoms. The van der Waals surface area contributed by atoms with Gasteiger partial charge in [0.1, 0.15) is 0 Å². The van der Waals surface area contributed by atoms with Crippen LogP contribution in [0.25, 0.3) is 0 Å². The fraction of sp³-hybridized carbons (Fsp3) is 0.636. The number of amides is 1. The molecule has 0 bridgehead atoms. The molecule has 1 atom stereocenters. The van der Waals surface area contributed by atoms with Gasteiger partial charge in [-0.15, -0.1) is 24.0 Å². The van der Waals surface area contributed by atoms with Crippen LogP contribution in [0.2, 0.25) is 0 Å². The number of halogens is 1. The molecule has 1 aliphatic rings. The number of hydrogen-bond donors (Lipinski definition) is 2. The van der Waals surface area contributed by atoms with Crippen LogP contribution in [0.1, 0.15) is 44.2 Å². The van der Waals surface area contributed by atoms with Crippen LogP contribution in [-0.2, 0) is 4.79 Å².